The average Bonchev–Trinajstić information content (AvgIpc) is 3.04. The van der Waals surface area contributed by atoms with Gasteiger partial charge < -0.3 is 14.2 Å². The summed E-state index contributed by atoms with van der Waals surface area (Å²) in [4.78, 5) is 24.3. The van der Waals surface area contributed by atoms with E-state index in [2.05, 4.69) is 38.2 Å². The Bertz CT molecular complexity index is 671. The highest BCUT2D eigenvalue weighted by atomic mass is 16.6. The van der Waals surface area contributed by atoms with E-state index in [1.165, 1.54) is 141 Å². The van der Waals surface area contributed by atoms with E-state index in [1.807, 2.05) is 13.8 Å². The van der Waals surface area contributed by atoms with Gasteiger partial charge in [-0.15, -0.1) is 0 Å². The Morgan fingerprint density at radius 2 is 0.702 bits per heavy atom. The van der Waals surface area contributed by atoms with Gasteiger partial charge in [-0.1, -0.05) is 141 Å². The van der Waals surface area contributed by atoms with E-state index < -0.39 is 0 Å². The number of esters is 2. The molecule has 0 saturated carbocycles. The van der Waals surface area contributed by atoms with Crippen molar-refractivity contribution in [2.75, 3.05) is 13.2 Å². The summed E-state index contributed by atoms with van der Waals surface area (Å²) in [6, 6.07) is 0. The van der Waals surface area contributed by atoms with Crippen LogP contribution in [0.1, 0.15) is 207 Å². The van der Waals surface area contributed by atoms with Gasteiger partial charge in [-0.3, -0.25) is 9.59 Å². The fraction of sp³-hybridized carbons (Fsp3) is 0.857. The molecule has 0 aromatic heterocycles. The van der Waals surface area contributed by atoms with Crippen molar-refractivity contribution in [3.05, 3.63) is 24.3 Å². The summed E-state index contributed by atoms with van der Waals surface area (Å²) in [5, 5.41) is 0. The molecule has 0 aromatic rings. The van der Waals surface area contributed by atoms with Gasteiger partial charge in [0.25, 0.3) is 0 Å². The molecule has 276 valence electrons. The molecule has 0 amide bonds. The average molecular weight is 663 g/mol. The highest BCUT2D eigenvalue weighted by molar-refractivity contribution is 5.69. The van der Waals surface area contributed by atoms with Gasteiger partial charge in [-0.25, -0.2) is 0 Å². The summed E-state index contributed by atoms with van der Waals surface area (Å²) in [7, 11) is 0. The Morgan fingerprint density at radius 1 is 0.426 bits per heavy atom. The molecule has 2 atom stereocenters. The van der Waals surface area contributed by atoms with Crippen molar-refractivity contribution in [2.24, 2.45) is 0 Å². The molecule has 0 bridgehead atoms. The fourth-order valence-electron chi connectivity index (χ4n) is 5.71. The van der Waals surface area contributed by atoms with Crippen molar-refractivity contribution in [3.63, 3.8) is 0 Å². The minimum Gasteiger partial charge on any atom is -0.460 e. The molecule has 0 N–H and O–H groups in total. The molecule has 0 aliphatic rings. The Hall–Kier alpha value is -1.62. The maximum Gasteiger partial charge on any atom is 0.306 e. The third-order valence-electron chi connectivity index (χ3n) is 8.66. The maximum atomic E-state index is 12.2. The summed E-state index contributed by atoms with van der Waals surface area (Å²) < 4.78 is 16.6. The zero-order valence-corrected chi connectivity index (χ0v) is 31.7. The molecular weight excluding hydrogens is 584 g/mol. The second-order valence-electron chi connectivity index (χ2n) is 13.8. The highest BCUT2D eigenvalue weighted by Gasteiger charge is 2.13. The predicted octanol–water partition coefficient (Wildman–Crippen LogP) is 12.9. The number of unbranched alkanes of at least 4 members (excludes halogenated alkanes) is 22. The second-order valence-corrected chi connectivity index (χ2v) is 13.8. The Balaban J connectivity index is 3.54. The molecule has 2 unspecified atom stereocenters. The minimum atomic E-state index is -0.302. The van der Waals surface area contributed by atoms with Gasteiger partial charge >= 0.3 is 11.9 Å². The first kappa shape index (κ1) is 45.4. The molecular formula is C42H78O5. The zero-order valence-electron chi connectivity index (χ0n) is 31.7. The van der Waals surface area contributed by atoms with E-state index in [0.717, 1.165) is 25.7 Å². The van der Waals surface area contributed by atoms with Crippen LogP contribution in [0.25, 0.3) is 0 Å². The predicted molar refractivity (Wildman–Crippen MR) is 201 cm³/mol. The first-order valence-corrected chi connectivity index (χ1v) is 20.3. The van der Waals surface area contributed by atoms with Crippen LogP contribution in [-0.2, 0) is 23.8 Å². The van der Waals surface area contributed by atoms with Crippen LogP contribution in [0.4, 0.5) is 0 Å². The summed E-state index contributed by atoms with van der Waals surface area (Å²) in [6.45, 7) is 8.85. The number of hydrogen-bond donors (Lipinski definition) is 0. The SMILES string of the molecule is CCCCCCCC/C=C/CCCCCCCC(=O)OC(C)COCC(C)OC(=O)CCCCCCC/C=C/CCCCCCCC. The van der Waals surface area contributed by atoms with E-state index in [1.54, 1.807) is 0 Å². The van der Waals surface area contributed by atoms with Crippen molar-refractivity contribution in [1.29, 1.82) is 0 Å². The lowest BCUT2D eigenvalue weighted by Crippen LogP contribution is -2.25. The number of rotatable bonds is 36. The van der Waals surface area contributed by atoms with Gasteiger partial charge in [0.1, 0.15) is 12.2 Å². The van der Waals surface area contributed by atoms with Crippen molar-refractivity contribution in [3.8, 4) is 0 Å². The van der Waals surface area contributed by atoms with Crippen LogP contribution in [0.5, 0.6) is 0 Å². The van der Waals surface area contributed by atoms with Crippen LogP contribution in [0.15, 0.2) is 24.3 Å². The summed E-state index contributed by atoms with van der Waals surface area (Å²) in [5.41, 5.74) is 0. The van der Waals surface area contributed by atoms with Gasteiger partial charge in [-0.2, -0.15) is 0 Å². The van der Waals surface area contributed by atoms with Crippen LogP contribution >= 0.6 is 0 Å². The molecule has 0 heterocycles. The fourth-order valence-corrected chi connectivity index (χ4v) is 5.71. The van der Waals surface area contributed by atoms with Crippen molar-refractivity contribution in [2.45, 2.75) is 220 Å². The van der Waals surface area contributed by atoms with Crippen LogP contribution in [0, 0.1) is 0 Å². The number of carbonyl (C=O) groups is 2. The van der Waals surface area contributed by atoms with Crippen LogP contribution in [-0.4, -0.2) is 37.4 Å². The van der Waals surface area contributed by atoms with E-state index in [0.29, 0.717) is 26.1 Å². The largest absolute Gasteiger partial charge is 0.460 e. The highest BCUT2D eigenvalue weighted by Crippen LogP contribution is 2.13. The van der Waals surface area contributed by atoms with Gasteiger partial charge in [-0.05, 0) is 78.1 Å². The molecule has 0 aliphatic carbocycles. The van der Waals surface area contributed by atoms with Gasteiger partial charge in [0, 0.05) is 12.8 Å². The van der Waals surface area contributed by atoms with E-state index in [-0.39, 0.29) is 24.1 Å². The number of allylic oxidation sites excluding steroid dienone is 4. The molecule has 0 saturated heterocycles. The first-order valence-electron chi connectivity index (χ1n) is 20.3. The number of hydrogen-bond acceptors (Lipinski definition) is 5. The molecule has 0 rings (SSSR count). The van der Waals surface area contributed by atoms with Gasteiger partial charge in [0.05, 0.1) is 13.2 Å². The summed E-state index contributed by atoms with van der Waals surface area (Å²) in [6.07, 6.45) is 42.0. The standard InChI is InChI=1S/C42H78O5/c1-5-7-9-11-13-15-17-19-21-23-25-27-29-31-33-35-41(43)46-39(3)37-45-38-40(4)47-42(44)36-34-32-30-28-26-24-22-20-18-16-14-12-10-8-6-2/h19-22,39-40H,5-18,23-38H2,1-4H3/b21-19+,22-20+. The van der Waals surface area contributed by atoms with Crippen molar-refractivity contribution in [1.82, 2.24) is 0 Å². The second kappa shape index (κ2) is 37.2. The lowest BCUT2D eigenvalue weighted by Gasteiger charge is -2.17. The minimum absolute atomic E-state index is 0.154. The van der Waals surface area contributed by atoms with Crippen molar-refractivity contribution >= 4 is 11.9 Å². The monoisotopic (exact) mass is 663 g/mol. The molecule has 5 heteroatoms. The zero-order chi connectivity index (χ0) is 34.5. The first-order chi connectivity index (χ1) is 23.0. The Labute approximate surface area is 292 Å². The molecule has 0 aromatic carbocycles. The van der Waals surface area contributed by atoms with Crippen LogP contribution in [0.3, 0.4) is 0 Å². The molecule has 0 fully saturated rings. The van der Waals surface area contributed by atoms with Crippen LogP contribution in [0.2, 0.25) is 0 Å². The maximum absolute atomic E-state index is 12.2. The topological polar surface area (TPSA) is 61.8 Å². The van der Waals surface area contributed by atoms with Gasteiger partial charge in [0.15, 0.2) is 0 Å². The van der Waals surface area contributed by atoms with E-state index in [4.69, 9.17) is 14.2 Å². The number of carbonyl (C=O) groups excluding carboxylic acids is 2. The summed E-state index contributed by atoms with van der Waals surface area (Å²) in [5.74, 6) is -0.309. The lowest BCUT2D eigenvalue weighted by atomic mass is 10.1. The Morgan fingerprint density at radius 3 is 1.02 bits per heavy atom. The number of ether oxygens (including phenoxy) is 3. The molecule has 5 nitrogen and oxygen atoms in total. The lowest BCUT2D eigenvalue weighted by molar-refractivity contribution is -0.154. The molecule has 0 aliphatic heterocycles. The third kappa shape index (κ3) is 37.1. The smallest absolute Gasteiger partial charge is 0.306 e. The molecule has 47 heavy (non-hydrogen) atoms. The van der Waals surface area contributed by atoms with Crippen molar-refractivity contribution < 1.29 is 23.8 Å². The van der Waals surface area contributed by atoms with Crippen LogP contribution < -0.4 is 0 Å². The Kier molecular flexibility index (Phi) is 35.9. The molecule has 0 spiro atoms. The van der Waals surface area contributed by atoms with Gasteiger partial charge in [0.2, 0.25) is 0 Å². The van der Waals surface area contributed by atoms with E-state index >= 15 is 0 Å². The van der Waals surface area contributed by atoms with E-state index in [9.17, 15) is 9.59 Å². The molecule has 0 radical (unpaired) electrons. The quantitative estimate of drug-likeness (QED) is 0.0379. The third-order valence-corrected chi connectivity index (χ3v) is 8.66. The summed E-state index contributed by atoms with van der Waals surface area (Å²) >= 11 is 0. The normalized spacial score (nSPS) is 13.0.